The van der Waals surface area contributed by atoms with Crippen LogP contribution in [0, 0.1) is 0 Å². The molecule has 1 heterocycles. The molecule has 0 unspecified atom stereocenters. The van der Waals surface area contributed by atoms with Gasteiger partial charge in [0.1, 0.15) is 65.6 Å². The Balaban J connectivity index is 1.43. The van der Waals surface area contributed by atoms with Gasteiger partial charge < -0.3 is 35.7 Å². The average Bonchev–Trinajstić information content (AvgIpc) is 3.33. The molecule has 7 rings (SSSR count). The van der Waals surface area contributed by atoms with E-state index in [0.29, 0.717) is 36.5 Å². The summed E-state index contributed by atoms with van der Waals surface area (Å²) in [6.45, 7) is 8.33. The largest absolute Gasteiger partial charge is 0.492 e. The lowest BCUT2D eigenvalue weighted by molar-refractivity contribution is 0.279. The van der Waals surface area contributed by atoms with Gasteiger partial charge in [0, 0.05) is 12.1 Å². The SMILES string of the molecule is CCCCCOc1cc(OCCCCC)c2cc1S(=O)(=O)Oc1ccc3ccc(cc3c1)OS(=O)(=O)c1cc(c(OCCCCC)cc1OCCCCC)S(=O)(=O)Oc1ccc3ccc(cc3c1)OS2(=O)=O. The Morgan fingerprint density at radius 1 is 0.306 bits per heavy atom. The number of benzene rings is 6. The highest BCUT2D eigenvalue weighted by atomic mass is 32.2. The third kappa shape index (κ3) is 13.4. The van der Waals surface area contributed by atoms with Crippen LogP contribution in [-0.2, 0) is 40.5 Å². The lowest BCUT2D eigenvalue weighted by Crippen LogP contribution is -2.17. The van der Waals surface area contributed by atoms with E-state index < -0.39 is 60.1 Å². The summed E-state index contributed by atoms with van der Waals surface area (Å²) in [6, 6.07) is 21.1. The first-order valence-electron chi connectivity index (χ1n) is 24.2. The molecule has 0 amide bonds. The third-order valence-electron chi connectivity index (χ3n) is 11.5. The van der Waals surface area contributed by atoms with E-state index in [4.69, 9.17) is 35.7 Å². The topological polar surface area (TPSA) is 210 Å². The fourth-order valence-electron chi connectivity index (χ4n) is 7.71. The molecule has 0 aliphatic carbocycles. The van der Waals surface area contributed by atoms with Gasteiger partial charge in [0.25, 0.3) is 0 Å². The van der Waals surface area contributed by atoms with Gasteiger partial charge in [-0.25, -0.2) is 0 Å². The van der Waals surface area contributed by atoms with Gasteiger partial charge in [-0.15, -0.1) is 0 Å². The fourth-order valence-corrected chi connectivity index (χ4v) is 12.2. The minimum Gasteiger partial charge on any atom is -0.492 e. The molecule has 388 valence electrons. The van der Waals surface area contributed by atoms with Crippen molar-refractivity contribution in [2.45, 2.75) is 124 Å². The van der Waals surface area contributed by atoms with E-state index in [0.717, 1.165) is 63.5 Å². The van der Waals surface area contributed by atoms with Crippen LogP contribution in [0.15, 0.2) is 117 Å². The molecule has 0 saturated carbocycles. The summed E-state index contributed by atoms with van der Waals surface area (Å²) in [5, 5.41) is 1.60. The summed E-state index contributed by atoms with van der Waals surface area (Å²) >= 11 is 0. The molecule has 16 nitrogen and oxygen atoms in total. The van der Waals surface area contributed by atoms with Crippen LogP contribution >= 0.6 is 0 Å². The summed E-state index contributed by atoms with van der Waals surface area (Å²) < 4.78 is 163. The first kappa shape index (κ1) is 53.8. The first-order valence-corrected chi connectivity index (χ1v) is 29.8. The summed E-state index contributed by atoms with van der Waals surface area (Å²) in [7, 11) is -19.7. The van der Waals surface area contributed by atoms with Gasteiger partial charge in [-0.05, 0) is 108 Å². The van der Waals surface area contributed by atoms with Crippen LogP contribution in [0.2, 0.25) is 0 Å². The number of fused-ring (bicyclic) bond motifs is 8. The molecule has 1 aliphatic heterocycles. The Labute approximate surface area is 423 Å². The molecular formula is C52H60O16S4. The van der Waals surface area contributed by atoms with Gasteiger partial charge in [0.15, 0.2) is 0 Å². The summed E-state index contributed by atoms with van der Waals surface area (Å²) in [5.74, 6) is -1.79. The van der Waals surface area contributed by atoms with Crippen LogP contribution in [-0.4, -0.2) is 60.1 Å². The van der Waals surface area contributed by atoms with Gasteiger partial charge in [-0.1, -0.05) is 103 Å². The number of hydrogen-bond acceptors (Lipinski definition) is 16. The third-order valence-corrected chi connectivity index (χ3v) is 16.6. The van der Waals surface area contributed by atoms with Crippen molar-refractivity contribution in [1.82, 2.24) is 0 Å². The van der Waals surface area contributed by atoms with Gasteiger partial charge in [-0.3, -0.25) is 0 Å². The molecule has 0 spiro atoms. The van der Waals surface area contributed by atoms with E-state index in [2.05, 4.69) is 0 Å². The number of hydrogen-bond donors (Lipinski definition) is 0. The van der Waals surface area contributed by atoms with Crippen LogP contribution < -0.4 is 35.7 Å². The van der Waals surface area contributed by atoms with Crippen molar-refractivity contribution in [3.8, 4) is 46.0 Å². The van der Waals surface area contributed by atoms with E-state index in [-0.39, 0.29) is 83.2 Å². The molecule has 0 N–H and O–H groups in total. The normalized spacial score (nSPS) is 15.5. The maximum atomic E-state index is 14.5. The molecule has 1 aliphatic rings. The predicted octanol–water partition coefficient (Wildman–Crippen LogP) is 11.7. The minimum atomic E-state index is -4.92. The quantitative estimate of drug-likeness (QED) is 0.0514. The Morgan fingerprint density at radius 2 is 0.542 bits per heavy atom. The Morgan fingerprint density at radius 3 is 0.764 bits per heavy atom. The van der Waals surface area contributed by atoms with Crippen molar-refractivity contribution in [2.75, 3.05) is 26.4 Å². The number of ether oxygens (including phenoxy) is 4. The average molecular weight is 1070 g/mol. The molecule has 10 bridgehead atoms. The molecule has 0 atom stereocenters. The molecule has 6 aromatic carbocycles. The molecule has 6 aromatic rings. The molecule has 20 heteroatoms. The highest BCUT2D eigenvalue weighted by molar-refractivity contribution is 7.88. The number of rotatable bonds is 20. The van der Waals surface area contributed by atoms with Crippen LogP contribution in [0.1, 0.15) is 105 Å². The van der Waals surface area contributed by atoms with E-state index in [1.165, 1.54) is 84.9 Å². The van der Waals surface area contributed by atoms with E-state index in [9.17, 15) is 33.7 Å². The zero-order valence-corrected chi connectivity index (χ0v) is 44.0. The predicted molar refractivity (Wildman–Crippen MR) is 272 cm³/mol. The van der Waals surface area contributed by atoms with Crippen molar-refractivity contribution in [2.24, 2.45) is 0 Å². The number of unbranched alkanes of at least 4 members (excludes halogenated alkanes) is 8. The van der Waals surface area contributed by atoms with Crippen molar-refractivity contribution < 1.29 is 69.4 Å². The van der Waals surface area contributed by atoms with E-state index >= 15 is 0 Å². The minimum absolute atomic E-state index is 0.0880. The molecule has 0 fully saturated rings. The van der Waals surface area contributed by atoms with Crippen LogP contribution in [0.3, 0.4) is 0 Å². The Bertz CT molecular complexity index is 2910. The maximum Gasteiger partial charge on any atom is 0.342 e. The zero-order valence-electron chi connectivity index (χ0n) is 40.7. The van der Waals surface area contributed by atoms with E-state index in [1.54, 1.807) is 0 Å². The summed E-state index contributed by atoms with van der Waals surface area (Å²) in [4.78, 5) is -2.53. The summed E-state index contributed by atoms with van der Waals surface area (Å²) in [5.41, 5.74) is 0. The standard InChI is InChI=1S/C52H60O16S4/c1-5-9-13-25-61-45-33-46(62-26-14-10-6-2)50-35-49(45)69(53,54)65-41-21-17-37-19-23-43(30-39(37)29-41)67-71(57,58)51-36-52(48(64-28-16-12-8-4)34-47(51)63-27-15-11-7-3)72(59,60)68-44-24-20-38-18-22-42(31-40(38)32-44)66-70(50,55)56/h17-24,29-36H,5-16,25-28H2,1-4H3. The lowest BCUT2D eigenvalue weighted by atomic mass is 10.1. The van der Waals surface area contributed by atoms with Gasteiger partial charge >= 0.3 is 40.5 Å². The highest BCUT2D eigenvalue weighted by Gasteiger charge is 2.34. The van der Waals surface area contributed by atoms with Crippen LogP contribution in [0.4, 0.5) is 0 Å². The van der Waals surface area contributed by atoms with Crippen molar-refractivity contribution in [1.29, 1.82) is 0 Å². The molecule has 0 radical (unpaired) electrons. The summed E-state index contributed by atoms with van der Waals surface area (Å²) in [6.07, 6.45) is 8.71. The zero-order chi connectivity index (χ0) is 51.5. The van der Waals surface area contributed by atoms with Crippen molar-refractivity contribution >= 4 is 62.0 Å². The Hall–Kier alpha value is -5.96. The second-order valence-corrected chi connectivity index (χ2v) is 23.3. The molecule has 0 saturated heterocycles. The maximum absolute atomic E-state index is 14.5. The second-order valence-electron chi connectivity index (χ2n) is 17.2. The Kier molecular flexibility index (Phi) is 17.7. The fraction of sp³-hybridized carbons (Fsp3) is 0.385. The van der Waals surface area contributed by atoms with Gasteiger partial charge in [-0.2, -0.15) is 33.7 Å². The van der Waals surface area contributed by atoms with Crippen LogP contribution in [0.25, 0.3) is 21.5 Å². The molecular weight excluding hydrogens is 1010 g/mol. The molecule has 72 heavy (non-hydrogen) atoms. The molecule has 0 aromatic heterocycles. The smallest absolute Gasteiger partial charge is 0.342 e. The van der Waals surface area contributed by atoms with Gasteiger partial charge in [0.2, 0.25) is 0 Å². The lowest BCUT2D eigenvalue weighted by Gasteiger charge is -2.19. The monoisotopic (exact) mass is 1070 g/mol. The van der Waals surface area contributed by atoms with Crippen molar-refractivity contribution in [3.05, 3.63) is 97.1 Å². The highest BCUT2D eigenvalue weighted by Crippen LogP contribution is 2.41. The van der Waals surface area contributed by atoms with Gasteiger partial charge in [0.05, 0.1) is 26.4 Å². The van der Waals surface area contributed by atoms with Crippen LogP contribution in [0.5, 0.6) is 46.0 Å². The first-order chi connectivity index (χ1) is 34.5. The van der Waals surface area contributed by atoms with E-state index in [1.807, 2.05) is 27.7 Å². The van der Waals surface area contributed by atoms with Crippen molar-refractivity contribution in [3.63, 3.8) is 0 Å². The second kappa shape index (κ2) is 23.7.